The molecule has 1 aliphatic carbocycles. The standard InChI is InChI=1S/C45H68N6O5/c1-32(2)29-37(41(53)45(5)22-23-45)47-44(56)39(31-35-17-11-8-12-18-35)49-43(55)38(30-33(3)4)48-42(54)36(21-20-34-15-9-7-10-16-34)46-40(52)19-13-14-24-51-27-25-50(6)26-28-51/h7-12,15-18,32-33,36-39H,13-14,19-31H2,1-6H3,(H,46,52)(H,47,56)(H,48,54)(H,49,55)/t36-,37-,38-,39-/m0/s1. The second-order valence-corrected chi connectivity index (χ2v) is 17.3. The fourth-order valence-electron chi connectivity index (χ4n) is 7.32. The van der Waals surface area contributed by atoms with Crippen molar-refractivity contribution in [3.8, 4) is 0 Å². The van der Waals surface area contributed by atoms with Crippen LogP contribution >= 0.6 is 0 Å². The molecule has 11 heteroatoms. The number of unbranched alkanes of at least 4 members (excludes halogenated alkanes) is 1. The van der Waals surface area contributed by atoms with Gasteiger partial charge in [-0.3, -0.25) is 24.0 Å². The molecule has 308 valence electrons. The fraction of sp³-hybridized carbons (Fsp3) is 0.622. The summed E-state index contributed by atoms with van der Waals surface area (Å²) in [5.74, 6) is -1.28. The van der Waals surface area contributed by atoms with Crippen molar-refractivity contribution in [1.29, 1.82) is 0 Å². The van der Waals surface area contributed by atoms with Crippen LogP contribution in [0.25, 0.3) is 0 Å². The van der Waals surface area contributed by atoms with Gasteiger partial charge in [0.25, 0.3) is 0 Å². The number of carbonyl (C=O) groups excluding carboxylic acids is 5. The van der Waals surface area contributed by atoms with Crippen molar-refractivity contribution in [2.24, 2.45) is 17.3 Å². The molecule has 1 heterocycles. The van der Waals surface area contributed by atoms with Gasteiger partial charge >= 0.3 is 0 Å². The van der Waals surface area contributed by atoms with Crippen molar-refractivity contribution in [2.75, 3.05) is 39.8 Å². The normalized spacial score (nSPS) is 17.7. The first-order valence-corrected chi connectivity index (χ1v) is 21.0. The van der Waals surface area contributed by atoms with Gasteiger partial charge in [0.2, 0.25) is 23.6 Å². The topological polar surface area (TPSA) is 140 Å². The predicted octanol–water partition coefficient (Wildman–Crippen LogP) is 4.68. The van der Waals surface area contributed by atoms with E-state index in [9.17, 15) is 24.0 Å². The van der Waals surface area contributed by atoms with Gasteiger partial charge in [-0.25, -0.2) is 0 Å². The number of rotatable bonds is 23. The Labute approximate surface area is 335 Å². The highest BCUT2D eigenvalue weighted by Gasteiger charge is 2.48. The largest absolute Gasteiger partial charge is 0.344 e. The molecule has 1 aliphatic heterocycles. The van der Waals surface area contributed by atoms with Crippen LogP contribution in [0.3, 0.4) is 0 Å². The maximum Gasteiger partial charge on any atom is 0.243 e. The van der Waals surface area contributed by atoms with Crippen molar-refractivity contribution in [3.05, 3.63) is 71.8 Å². The zero-order valence-corrected chi connectivity index (χ0v) is 34.8. The first-order chi connectivity index (χ1) is 26.7. The Balaban J connectivity index is 1.45. The molecule has 0 radical (unpaired) electrons. The summed E-state index contributed by atoms with van der Waals surface area (Å²) in [7, 11) is 2.13. The number of hydrogen-bond acceptors (Lipinski definition) is 7. The van der Waals surface area contributed by atoms with Crippen LogP contribution in [0, 0.1) is 17.3 Å². The number of nitrogens with zero attached hydrogens (tertiary/aromatic N) is 2. The van der Waals surface area contributed by atoms with Gasteiger partial charge in [0, 0.05) is 44.4 Å². The lowest BCUT2D eigenvalue weighted by molar-refractivity contribution is -0.135. The summed E-state index contributed by atoms with van der Waals surface area (Å²) in [6, 6.07) is 15.8. The molecule has 0 unspecified atom stereocenters. The molecule has 2 aromatic carbocycles. The summed E-state index contributed by atoms with van der Waals surface area (Å²) in [6.45, 7) is 15.0. The molecule has 2 aliphatic rings. The summed E-state index contributed by atoms with van der Waals surface area (Å²) < 4.78 is 0. The Hall–Kier alpha value is -4.09. The third-order valence-corrected chi connectivity index (χ3v) is 11.1. The van der Waals surface area contributed by atoms with Gasteiger partial charge in [-0.15, -0.1) is 0 Å². The Morgan fingerprint density at radius 2 is 1.16 bits per heavy atom. The summed E-state index contributed by atoms with van der Waals surface area (Å²) in [5, 5.41) is 11.9. The van der Waals surface area contributed by atoms with E-state index in [4.69, 9.17) is 0 Å². The predicted molar refractivity (Wildman–Crippen MR) is 222 cm³/mol. The minimum Gasteiger partial charge on any atom is -0.344 e. The molecule has 4 N–H and O–H groups in total. The van der Waals surface area contributed by atoms with Crippen molar-refractivity contribution in [2.45, 2.75) is 123 Å². The zero-order valence-electron chi connectivity index (χ0n) is 34.8. The highest BCUT2D eigenvalue weighted by Crippen LogP contribution is 2.47. The van der Waals surface area contributed by atoms with E-state index in [0.717, 1.165) is 69.5 Å². The van der Waals surface area contributed by atoms with E-state index >= 15 is 0 Å². The first kappa shape index (κ1) is 44.6. The number of ketones is 1. The van der Waals surface area contributed by atoms with Gasteiger partial charge in [-0.05, 0) is 87.9 Å². The lowest BCUT2D eigenvalue weighted by Crippen LogP contribution is -2.58. The summed E-state index contributed by atoms with van der Waals surface area (Å²) in [4.78, 5) is 73.8. The van der Waals surface area contributed by atoms with Gasteiger partial charge in [-0.1, -0.05) is 95.3 Å². The van der Waals surface area contributed by atoms with Crippen LogP contribution < -0.4 is 21.3 Å². The fourth-order valence-corrected chi connectivity index (χ4v) is 7.32. The molecule has 1 saturated carbocycles. The first-order valence-electron chi connectivity index (χ1n) is 21.0. The number of likely N-dealkylation sites (N-methyl/N-ethyl adjacent to an activating group) is 1. The average molecular weight is 773 g/mol. The third kappa shape index (κ3) is 15.1. The van der Waals surface area contributed by atoms with E-state index in [2.05, 4.69) is 38.1 Å². The minimum atomic E-state index is -0.981. The molecular weight excluding hydrogens is 705 g/mol. The monoisotopic (exact) mass is 773 g/mol. The van der Waals surface area contributed by atoms with E-state index in [1.165, 1.54) is 0 Å². The molecule has 0 spiro atoms. The zero-order chi connectivity index (χ0) is 40.7. The third-order valence-electron chi connectivity index (χ3n) is 11.1. The van der Waals surface area contributed by atoms with Crippen LogP contribution in [-0.4, -0.2) is 103 Å². The molecule has 2 fully saturated rings. The Bertz CT molecular complexity index is 1560. The van der Waals surface area contributed by atoms with Crippen LogP contribution in [0.2, 0.25) is 0 Å². The molecule has 56 heavy (non-hydrogen) atoms. The smallest absolute Gasteiger partial charge is 0.243 e. The van der Waals surface area contributed by atoms with Crippen LogP contribution in [-0.2, 0) is 36.8 Å². The van der Waals surface area contributed by atoms with Crippen molar-refractivity contribution >= 4 is 29.4 Å². The van der Waals surface area contributed by atoms with Crippen LogP contribution in [0.1, 0.15) is 97.1 Å². The highest BCUT2D eigenvalue weighted by molar-refractivity contribution is 5.97. The lowest BCUT2D eigenvalue weighted by atomic mass is 9.91. The molecule has 1 saturated heterocycles. The molecular formula is C45H68N6O5. The van der Waals surface area contributed by atoms with E-state index < -0.39 is 47.3 Å². The van der Waals surface area contributed by atoms with Crippen LogP contribution in [0.15, 0.2) is 60.7 Å². The van der Waals surface area contributed by atoms with Gasteiger partial charge in [0.1, 0.15) is 18.1 Å². The summed E-state index contributed by atoms with van der Waals surface area (Å²) >= 11 is 0. The number of hydrogen-bond donors (Lipinski definition) is 4. The van der Waals surface area contributed by atoms with Crippen molar-refractivity contribution in [1.82, 2.24) is 31.1 Å². The van der Waals surface area contributed by atoms with Crippen LogP contribution in [0.5, 0.6) is 0 Å². The van der Waals surface area contributed by atoms with Gasteiger partial charge in [-0.2, -0.15) is 0 Å². The number of amides is 4. The molecule has 4 atom stereocenters. The number of aryl methyl sites for hydroxylation is 1. The number of Topliss-reactive ketones (excluding diaryl/α,β-unsaturated/α-hetero) is 1. The number of carbonyl (C=O) groups is 5. The maximum absolute atomic E-state index is 14.2. The van der Waals surface area contributed by atoms with Gasteiger partial charge in [0.05, 0.1) is 6.04 Å². The lowest BCUT2D eigenvalue weighted by Gasteiger charge is -2.32. The van der Waals surface area contributed by atoms with E-state index in [1.54, 1.807) is 0 Å². The molecule has 0 bridgehead atoms. The SMILES string of the molecule is CC(C)C[C@H](NC(=O)[C@H](CCc1ccccc1)NC(=O)CCCCN1CCN(C)CC1)C(=O)N[C@@H](Cc1ccccc1)C(=O)N[C@@H](CC(C)C)C(=O)C1(C)CC1. The highest BCUT2D eigenvalue weighted by atomic mass is 16.2. The second-order valence-electron chi connectivity index (χ2n) is 17.3. The van der Waals surface area contributed by atoms with E-state index in [1.807, 2.05) is 95.3 Å². The van der Waals surface area contributed by atoms with Crippen LogP contribution in [0.4, 0.5) is 0 Å². The minimum absolute atomic E-state index is 0.0351. The quantitative estimate of drug-likeness (QED) is 0.120. The van der Waals surface area contributed by atoms with Gasteiger partial charge in [0.15, 0.2) is 5.78 Å². The summed E-state index contributed by atoms with van der Waals surface area (Å²) in [6.07, 6.45) is 5.53. The van der Waals surface area contributed by atoms with Crippen molar-refractivity contribution < 1.29 is 24.0 Å². The average Bonchev–Trinajstić information content (AvgIpc) is 3.93. The Morgan fingerprint density at radius 1 is 0.643 bits per heavy atom. The Morgan fingerprint density at radius 3 is 1.75 bits per heavy atom. The van der Waals surface area contributed by atoms with E-state index in [-0.39, 0.29) is 29.9 Å². The Kier molecular flexibility index (Phi) is 17.5. The molecule has 2 aromatic rings. The maximum atomic E-state index is 14.2. The van der Waals surface area contributed by atoms with Crippen molar-refractivity contribution in [3.63, 3.8) is 0 Å². The molecule has 0 aromatic heterocycles. The number of benzene rings is 2. The number of piperazine rings is 1. The molecule has 4 rings (SSSR count). The van der Waals surface area contributed by atoms with E-state index in [0.29, 0.717) is 32.1 Å². The number of nitrogens with one attached hydrogen (secondary N) is 4. The van der Waals surface area contributed by atoms with Gasteiger partial charge < -0.3 is 31.1 Å². The second kappa shape index (κ2) is 22.0. The molecule has 4 amide bonds. The summed E-state index contributed by atoms with van der Waals surface area (Å²) in [5.41, 5.74) is 1.47. The molecule has 11 nitrogen and oxygen atoms in total.